The first kappa shape index (κ1) is 22.1. The van der Waals surface area contributed by atoms with Crippen molar-refractivity contribution < 1.29 is 14.3 Å². The summed E-state index contributed by atoms with van der Waals surface area (Å²) < 4.78 is 8.24. The minimum Gasteiger partial charge on any atom is -0.383 e. The average Bonchev–Trinajstić information content (AvgIpc) is 2.95. The maximum absolute atomic E-state index is 12.5. The first-order chi connectivity index (χ1) is 13.3. The maximum Gasteiger partial charge on any atom is 0.345 e. The zero-order chi connectivity index (χ0) is 20.7. The third-order valence-electron chi connectivity index (χ3n) is 4.77. The highest BCUT2D eigenvalue weighted by molar-refractivity contribution is 5.95. The number of aromatic nitrogens is 3. The first-order valence-electron chi connectivity index (χ1n) is 9.84. The lowest BCUT2D eigenvalue weighted by Crippen LogP contribution is -2.47. The van der Waals surface area contributed by atoms with Crippen LogP contribution in [-0.4, -0.2) is 70.6 Å². The predicted molar refractivity (Wildman–Crippen MR) is 104 cm³/mol. The van der Waals surface area contributed by atoms with Crippen LogP contribution in [0.1, 0.15) is 45.4 Å². The quantitative estimate of drug-likeness (QED) is 0.646. The smallest absolute Gasteiger partial charge is 0.345 e. The molecule has 28 heavy (non-hydrogen) atoms. The summed E-state index contributed by atoms with van der Waals surface area (Å²) in [5.74, 6) is 0.676. The molecule has 10 nitrogen and oxygen atoms in total. The van der Waals surface area contributed by atoms with Crippen LogP contribution in [0.5, 0.6) is 0 Å². The normalized spacial score (nSPS) is 15.8. The number of hydrogen-bond donors (Lipinski definition) is 2. The van der Waals surface area contributed by atoms with Gasteiger partial charge in [0, 0.05) is 25.6 Å². The van der Waals surface area contributed by atoms with E-state index in [4.69, 9.17) is 4.74 Å². The van der Waals surface area contributed by atoms with E-state index in [1.807, 2.05) is 25.7 Å². The van der Waals surface area contributed by atoms with Crippen molar-refractivity contribution in [2.24, 2.45) is 0 Å². The van der Waals surface area contributed by atoms with Gasteiger partial charge in [0.15, 0.2) is 0 Å². The molecule has 1 aliphatic rings. The molecule has 1 aromatic rings. The molecule has 0 radical (unpaired) electrons. The zero-order valence-corrected chi connectivity index (χ0v) is 17.2. The Labute approximate surface area is 165 Å². The number of nitrogens with zero attached hydrogens (tertiary/aromatic N) is 4. The molecule has 1 fully saturated rings. The van der Waals surface area contributed by atoms with E-state index in [9.17, 15) is 14.4 Å². The molecule has 2 rings (SSSR count). The highest BCUT2D eigenvalue weighted by Gasteiger charge is 2.27. The van der Waals surface area contributed by atoms with Gasteiger partial charge in [-0.1, -0.05) is 0 Å². The third kappa shape index (κ3) is 5.90. The maximum atomic E-state index is 12.5. The molecule has 1 saturated heterocycles. The van der Waals surface area contributed by atoms with Gasteiger partial charge in [0.2, 0.25) is 5.91 Å². The summed E-state index contributed by atoms with van der Waals surface area (Å²) in [6.45, 7) is 8.68. The summed E-state index contributed by atoms with van der Waals surface area (Å²) in [5.41, 5.74) is -0.104. The number of rotatable bonds is 8. The van der Waals surface area contributed by atoms with Crippen LogP contribution < -0.4 is 16.3 Å². The van der Waals surface area contributed by atoms with E-state index in [0.717, 1.165) is 18.7 Å². The molecule has 0 aliphatic carbocycles. The van der Waals surface area contributed by atoms with E-state index in [0.29, 0.717) is 32.8 Å². The van der Waals surface area contributed by atoms with Gasteiger partial charge in [-0.15, -0.1) is 0 Å². The molecule has 2 heterocycles. The summed E-state index contributed by atoms with van der Waals surface area (Å²) in [7, 11) is 1.60. The van der Waals surface area contributed by atoms with Crippen molar-refractivity contribution in [1.82, 2.24) is 29.9 Å². The van der Waals surface area contributed by atoms with Crippen LogP contribution in [0.2, 0.25) is 0 Å². The molecule has 3 amide bonds. The number of imide groups is 1. The van der Waals surface area contributed by atoms with Crippen LogP contribution in [0.3, 0.4) is 0 Å². The van der Waals surface area contributed by atoms with Crippen LogP contribution in [0.15, 0.2) is 4.79 Å². The van der Waals surface area contributed by atoms with Gasteiger partial charge in [0.05, 0.1) is 19.7 Å². The van der Waals surface area contributed by atoms with Gasteiger partial charge in [-0.3, -0.25) is 19.6 Å². The molecular weight excluding hydrogens is 364 g/mol. The van der Waals surface area contributed by atoms with Crippen LogP contribution in [0.25, 0.3) is 0 Å². The monoisotopic (exact) mass is 396 g/mol. The van der Waals surface area contributed by atoms with E-state index in [1.165, 1.54) is 4.68 Å². The van der Waals surface area contributed by atoms with Gasteiger partial charge in [-0.05, 0) is 46.7 Å². The Bertz CT molecular complexity index is 718. The Hall–Kier alpha value is -2.20. The molecule has 1 aliphatic heterocycles. The Kier molecular flexibility index (Phi) is 8.18. The minimum atomic E-state index is -0.469. The number of ether oxygens (including phenoxy) is 1. The fourth-order valence-corrected chi connectivity index (χ4v) is 3.40. The molecular formula is C18H32N6O4. The second-order valence-corrected chi connectivity index (χ2v) is 7.33. The standard InChI is InChI=1S/C18H32N6O4/c1-5-23-16(21-24(18(23)27)10-11-28-4)14-6-8-22(9-7-14)12-15(25)20-17(26)19-13(2)3/h13-14H,5-12H2,1-4H3,(H2,19,20,25,26). The second-order valence-electron chi connectivity index (χ2n) is 7.33. The van der Waals surface area contributed by atoms with E-state index < -0.39 is 6.03 Å². The fourth-order valence-electron chi connectivity index (χ4n) is 3.40. The topological polar surface area (TPSA) is 110 Å². The van der Waals surface area contributed by atoms with Gasteiger partial charge in [-0.2, -0.15) is 5.10 Å². The van der Waals surface area contributed by atoms with Crippen molar-refractivity contribution in [2.45, 2.75) is 58.7 Å². The molecule has 0 bridgehead atoms. The number of hydrogen-bond acceptors (Lipinski definition) is 6. The molecule has 2 N–H and O–H groups in total. The number of carbonyl (C=O) groups excluding carboxylic acids is 2. The van der Waals surface area contributed by atoms with Crippen LogP contribution in [-0.2, 0) is 22.6 Å². The van der Waals surface area contributed by atoms with Crippen molar-refractivity contribution in [3.63, 3.8) is 0 Å². The lowest BCUT2D eigenvalue weighted by atomic mass is 9.96. The Morgan fingerprint density at radius 2 is 1.96 bits per heavy atom. The summed E-state index contributed by atoms with van der Waals surface area (Å²) in [4.78, 5) is 38.1. The van der Waals surface area contributed by atoms with Crippen molar-refractivity contribution in [2.75, 3.05) is 33.4 Å². The molecule has 0 aromatic carbocycles. The Morgan fingerprint density at radius 1 is 1.29 bits per heavy atom. The Balaban J connectivity index is 1.90. The molecule has 0 spiro atoms. The lowest BCUT2D eigenvalue weighted by molar-refractivity contribution is -0.121. The summed E-state index contributed by atoms with van der Waals surface area (Å²) in [6, 6.07) is -0.494. The SMILES string of the molecule is CCn1c(C2CCN(CC(=O)NC(=O)NC(C)C)CC2)nn(CCOC)c1=O. The highest BCUT2D eigenvalue weighted by atomic mass is 16.5. The summed E-state index contributed by atoms with van der Waals surface area (Å²) >= 11 is 0. The fraction of sp³-hybridized carbons (Fsp3) is 0.778. The van der Waals surface area contributed by atoms with E-state index in [-0.39, 0.29) is 30.1 Å². The number of piperidine rings is 1. The first-order valence-corrected chi connectivity index (χ1v) is 9.84. The molecule has 0 unspecified atom stereocenters. The van der Waals surface area contributed by atoms with E-state index >= 15 is 0 Å². The summed E-state index contributed by atoms with van der Waals surface area (Å²) in [6.07, 6.45) is 1.62. The summed E-state index contributed by atoms with van der Waals surface area (Å²) in [5, 5.41) is 9.51. The van der Waals surface area contributed by atoms with Crippen molar-refractivity contribution >= 4 is 11.9 Å². The number of urea groups is 1. The molecule has 10 heteroatoms. The van der Waals surface area contributed by atoms with Crippen molar-refractivity contribution in [1.29, 1.82) is 0 Å². The number of likely N-dealkylation sites (tertiary alicyclic amines) is 1. The van der Waals surface area contributed by atoms with Crippen molar-refractivity contribution in [3.8, 4) is 0 Å². The molecule has 158 valence electrons. The molecule has 0 atom stereocenters. The largest absolute Gasteiger partial charge is 0.383 e. The average molecular weight is 396 g/mol. The van der Waals surface area contributed by atoms with Crippen LogP contribution in [0, 0.1) is 0 Å². The van der Waals surface area contributed by atoms with Gasteiger partial charge >= 0.3 is 11.7 Å². The van der Waals surface area contributed by atoms with Gasteiger partial charge in [0.25, 0.3) is 0 Å². The highest BCUT2D eigenvalue weighted by Crippen LogP contribution is 2.26. The molecule has 1 aromatic heterocycles. The number of nitrogens with one attached hydrogen (secondary N) is 2. The van der Waals surface area contributed by atoms with Crippen LogP contribution in [0.4, 0.5) is 4.79 Å². The zero-order valence-electron chi connectivity index (χ0n) is 17.2. The number of carbonyl (C=O) groups is 2. The van der Waals surface area contributed by atoms with E-state index in [1.54, 1.807) is 11.7 Å². The van der Waals surface area contributed by atoms with Gasteiger partial charge in [0.1, 0.15) is 5.82 Å². The van der Waals surface area contributed by atoms with E-state index in [2.05, 4.69) is 15.7 Å². The third-order valence-corrected chi connectivity index (χ3v) is 4.77. The lowest BCUT2D eigenvalue weighted by Gasteiger charge is -2.30. The van der Waals surface area contributed by atoms with Crippen LogP contribution >= 0.6 is 0 Å². The predicted octanol–water partition coefficient (Wildman–Crippen LogP) is 0.125. The molecule has 0 saturated carbocycles. The second kappa shape index (κ2) is 10.4. The van der Waals surface area contributed by atoms with Gasteiger partial charge in [-0.25, -0.2) is 14.3 Å². The number of methoxy groups -OCH3 is 1. The van der Waals surface area contributed by atoms with Gasteiger partial charge < -0.3 is 10.1 Å². The minimum absolute atomic E-state index is 0.0246. The number of amides is 3. The Morgan fingerprint density at radius 3 is 2.54 bits per heavy atom. The van der Waals surface area contributed by atoms with Crippen molar-refractivity contribution in [3.05, 3.63) is 16.3 Å².